The van der Waals surface area contributed by atoms with E-state index in [0.29, 0.717) is 0 Å². The molecule has 0 atom stereocenters. The number of hydrogen-bond acceptors (Lipinski definition) is 1. The van der Waals surface area contributed by atoms with E-state index in [1.807, 2.05) is 33.8 Å². The number of aliphatic hydroxyl groups is 1. The largest absolute Gasteiger partial charge is 0.395 e. The molecule has 14 heavy (non-hydrogen) atoms. The van der Waals surface area contributed by atoms with Crippen molar-refractivity contribution in [2.75, 3.05) is 6.61 Å². The molecule has 0 radical (unpaired) electrons. The maximum atomic E-state index is 9.31. The summed E-state index contributed by atoms with van der Waals surface area (Å²) in [5.41, 5.74) is 3.11. The van der Waals surface area contributed by atoms with Gasteiger partial charge in [0.15, 0.2) is 0 Å². The highest BCUT2D eigenvalue weighted by molar-refractivity contribution is 6.31. The standard InChI is InChI=1S/C12H17ClO/c1-8-5-10(12(3,4)7-14)9(2)11(13)6-8/h5-6,14H,7H2,1-4H3. The van der Waals surface area contributed by atoms with Gasteiger partial charge in [0.2, 0.25) is 0 Å². The van der Waals surface area contributed by atoms with Gasteiger partial charge < -0.3 is 5.11 Å². The summed E-state index contributed by atoms with van der Waals surface area (Å²) in [6, 6.07) is 4.05. The molecule has 78 valence electrons. The van der Waals surface area contributed by atoms with Crippen molar-refractivity contribution >= 4 is 11.6 Å². The van der Waals surface area contributed by atoms with Crippen LogP contribution in [0.4, 0.5) is 0 Å². The van der Waals surface area contributed by atoms with Crippen molar-refractivity contribution in [2.45, 2.75) is 33.1 Å². The van der Waals surface area contributed by atoms with Gasteiger partial charge in [-0.2, -0.15) is 0 Å². The quantitative estimate of drug-likeness (QED) is 0.798. The van der Waals surface area contributed by atoms with E-state index in [0.717, 1.165) is 21.7 Å². The lowest BCUT2D eigenvalue weighted by Crippen LogP contribution is -2.23. The van der Waals surface area contributed by atoms with Gasteiger partial charge in [-0.25, -0.2) is 0 Å². The second-order valence-corrected chi connectivity index (χ2v) is 4.87. The molecule has 1 aromatic rings. The molecule has 0 aliphatic heterocycles. The zero-order valence-corrected chi connectivity index (χ0v) is 9.94. The summed E-state index contributed by atoms with van der Waals surface area (Å²) in [7, 11) is 0. The summed E-state index contributed by atoms with van der Waals surface area (Å²) in [6.07, 6.45) is 0. The number of rotatable bonds is 2. The molecule has 1 N–H and O–H groups in total. The average Bonchev–Trinajstić information content (AvgIpc) is 2.11. The van der Waals surface area contributed by atoms with Crippen LogP contribution >= 0.6 is 11.6 Å². The minimum atomic E-state index is -0.222. The molecule has 0 bridgehead atoms. The van der Waals surface area contributed by atoms with Crippen LogP contribution in [0.3, 0.4) is 0 Å². The molecule has 1 rings (SSSR count). The number of benzene rings is 1. The summed E-state index contributed by atoms with van der Waals surface area (Å²) >= 11 is 6.10. The highest BCUT2D eigenvalue weighted by Crippen LogP contribution is 2.31. The first-order chi connectivity index (χ1) is 6.38. The number of aryl methyl sites for hydroxylation is 1. The van der Waals surface area contributed by atoms with Crippen LogP contribution in [0.1, 0.15) is 30.5 Å². The zero-order valence-electron chi connectivity index (χ0n) is 9.19. The van der Waals surface area contributed by atoms with Gasteiger partial charge in [-0.1, -0.05) is 31.5 Å². The second-order valence-electron chi connectivity index (χ2n) is 4.46. The fourth-order valence-electron chi connectivity index (χ4n) is 1.60. The summed E-state index contributed by atoms with van der Waals surface area (Å²) in [5, 5.41) is 10.1. The molecule has 2 heteroatoms. The Morgan fingerprint density at radius 3 is 2.36 bits per heavy atom. The third-order valence-electron chi connectivity index (χ3n) is 2.61. The normalized spacial score (nSPS) is 11.9. The Balaban J connectivity index is 3.34. The highest BCUT2D eigenvalue weighted by atomic mass is 35.5. The summed E-state index contributed by atoms with van der Waals surface area (Å²) in [5.74, 6) is 0. The van der Waals surface area contributed by atoms with Crippen molar-refractivity contribution in [1.29, 1.82) is 0 Å². The van der Waals surface area contributed by atoms with Crippen molar-refractivity contribution in [2.24, 2.45) is 0 Å². The van der Waals surface area contributed by atoms with E-state index in [9.17, 15) is 5.11 Å². The molecule has 1 nitrogen and oxygen atoms in total. The van der Waals surface area contributed by atoms with Crippen LogP contribution in [0.15, 0.2) is 12.1 Å². The van der Waals surface area contributed by atoms with Crippen LogP contribution in [-0.2, 0) is 5.41 Å². The summed E-state index contributed by atoms with van der Waals surface area (Å²) in [6.45, 7) is 8.18. The fraction of sp³-hybridized carbons (Fsp3) is 0.500. The fourth-order valence-corrected chi connectivity index (χ4v) is 1.88. The van der Waals surface area contributed by atoms with Gasteiger partial charge in [-0.15, -0.1) is 0 Å². The monoisotopic (exact) mass is 212 g/mol. The molecule has 0 aromatic heterocycles. The van der Waals surface area contributed by atoms with Gasteiger partial charge in [-0.05, 0) is 36.6 Å². The molecular weight excluding hydrogens is 196 g/mol. The molecule has 0 unspecified atom stereocenters. The Labute approximate surface area is 90.7 Å². The van der Waals surface area contributed by atoms with Crippen LogP contribution in [0.5, 0.6) is 0 Å². The molecule has 0 aliphatic rings. The Morgan fingerprint density at radius 2 is 1.86 bits per heavy atom. The highest BCUT2D eigenvalue weighted by Gasteiger charge is 2.22. The Hall–Kier alpha value is -0.530. The van der Waals surface area contributed by atoms with E-state index < -0.39 is 0 Å². The third-order valence-corrected chi connectivity index (χ3v) is 3.01. The smallest absolute Gasteiger partial charge is 0.0522 e. The topological polar surface area (TPSA) is 20.2 Å². The van der Waals surface area contributed by atoms with Crippen LogP contribution in [-0.4, -0.2) is 11.7 Å². The molecule has 0 aliphatic carbocycles. The molecule has 0 saturated carbocycles. The first kappa shape index (κ1) is 11.5. The summed E-state index contributed by atoms with van der Waals surface area (Å²) < 4.78 is 0. The SMILES string of the molecule is Cc1cc(Cl)c(C)c(C(C)(C)CO)c1. The second kappa shape index (κ2) is 3.92. The van der Waals surface area contributed by atoms with Crippen molar-refractivity contribution < 1.29 is 5.11 Å². The molecule has 0 spiro atoms. The Kier molecular flexibility index (Phi) is 3.23. The van der Waals surface area contributed by atoms with Gasteiger partial charge in [0.25, 0.3) is 0 Å². The van der Waals surface area contributed by atoms with E-state index in [1.165, 1.54) is 0 Å². The van der Waals surface area contributed by atoms with Gasteiger partial charge in [0, 0.05) is 10.4 Å². The van der Waals surface area contributed by atoms with E-state index in [-0.39, 0.29) is 12.0 Å². The first-order valence-corrected chi connectivity index (χ1v) is 5.14. The lowest BCUT2D eigenvalue weighted by molar-refractivity contribution is 0.218. The predicted octanol–water partition coefficient (Wildman–Crippen LogP) is 3.23. The Bertz CT molecular complexity index is 342. The van der Waals surface area contributed by atoms with Crippen LogP contribution < -0.4 is 0 Å². The number of hydrogen-bond donors (Lipinski definition) is 1. The van der Waals surface area contributed by atoms with Crippen molar-refractivity contribution in [3.63, 3.8) is 0 Å². The minimum Gasteiger partial charge on any atom is -0.395 e. The van der Waals surface area contributed by atoms with Gasteiger partial charge in [0.1, 0.15) is 0 Å². The van der Waals surface area contributed by atoms with Gasteiger partial charge >= 0.3 is 0 Å². The molecular formula is C12H17ClO. The van der Waals surface area contributed by atoms with E-state index >= 15 is 0 Å². The number of aliphatic hydroxyl groups excluding tert-OH is 1. The van der Waals surface area contributed by atoms with E-state index in [2.05, 4.69) is 6.07 Å². The lowest BCUT2D eigenvalue weighted by Gasteiger charge is -2.25. The van der Waals surface area contributed by atoms with Crippen LogP contribution in [0.2, 0.25) is 5.02 Å². The van der Waals surface area contributed by atoms with Crippen LogP contribution in [0, 0.1) is 13.8 Å². The molecule has 0 saturated heterocycles. The van der Waals surface area contributed by atoms with Crippen molar-refractivity contribution in [1.82, 2.24) is 0 Å². The minimum absolute atomic E-state index is 0.133. The van der Waals surface area contributed by atoms with Crippen molar-refractivity contribution in [3.8, 4) is 0 Å². The van der Waals surface area contributed by atoms with Gasteiger partial charge in [0.05, 0.1) is 6.61 Å². The van der Waals surface area contributed by atoms with Crippen molar-refractivity contribution in [3.05, 3.63) is 33.8 Å². The maximum Gasteiger partial charge on any atom is 0.0522 e. The molecule has 1 aromatic carbocycles. The number of halogens is 1. The van der Waals surface area contributed by atoms with Crippen LogP contribution in [0.25, 0.3) is 0 Å². The average molecular weight is 213 g/mol. The molecule has 0 heterocycles. The Morgan fingerprint density at radius 1 is 1.29 bits per heavy atom. The maximum absolute atomic E-state index is 9.31. The van der Waals surface area contributed by atoms with E-state index in [4.69, 9.17) is 11.6 Å². The zero-order chi connectivity index (χ0) is 10.9. The van der Waals surface area contributed by atoms with E-state index in [1.54, 1.807) is 0 Å². The molecule has 0 amide bonds. The van der Waals surface area contributed by atoms with Gasteiger partial charge in [-0.3, -0.25) is 0 Å². The predicted molar refractivity (Wildman–Crippen MR) is 61.0 cm³/mol. The summed E-state index contributed by atoms with van der Waals surface area (Å²) in [4.78, 5) is 0. The third kappa shape index (κ3) is 2.10. The lowest BCUT2D eigenvalue weighted by atomic mass is 9.82. The first-order valence-electron chi connectivity index (χ1n) is 4.76. The molecule has 0 fully saturated rings.